The molecule has 0 saturated heterocycles. The first-order chi connectivity index (χ1) is 8.90. The Bertz CT molecular complexity index is 479. The Balaban J connectivity index is 1.81. The summed E-state index contributed by atoms with van der Waals surface area (Å²) in [6, 6.07) is 15.3. The molecule has 2 rings (SSSR count). The Morgan fingerprint density at radius 2 is 1.61 bits per heavy atom. The van der Waals surface area contributed by atoms with Gasteiger partial charge in [0.2, 0.25) is 0 Å². The molecule has 0 atom stereocenters. The van der Waals surface area contributed by atoms with Gasteiger partial charge in [-0.2, -0.15) is 12.6 Å². The molecule has 0 nitrogen and oxygen atoms in total. The zero-order valence-electron chi connectivity index (χ0n) is 10.6. The summed E-state index contributed by atoms with van der Waals surface area (Å²) in [6.07, 6.45) is 5.22. The first-order valence-corrected chi connectivity index (χ1v) is 8.24. The van der Waals surface area contributed by atoms with Crippen LogP contribution in [-0.2, 0) is 0 Å². The summed E-state index contributed by atoms with van der Waals surface area (Å²) in [5.41, 5.74) is 0. The largest absolute Gasteiger partial charge is 0.179 e. The van der Waals surface area contributed by atoms with Crippen LogP contribution in [-0.4, -0.2) is 11.5 Å². The van der Waals surface area contributed by atoms with Gasteiger partial charge in [-0.25, -0.2) is 0 Å². The van der Waals surface area contributed by atoms with Crippen LogP contribution in [0.1, 0.15) is 25.7 Å². The van der Waals surface area contributed by atoms with E-state index in [1.54, 1.807) is 0 Å². The van der Waals surface area contributed by atoms with Gasteiger partial charge in [0.15, 0.2) is 0 Å². The summed E-state index contributed by atoms with van der Waals surface area (Å²) in [7, 11) is 0. The highest BCUT2D eigenvalue weighted by atomic mass is 32.2. The Morgan fingerprint density at radius 3 is 2.44 bits per heavy atom. The average molecular weight is 276 g/mol. The van der Waals surface area contributed by atoms with Crippen molar-refractivity contribution < 1.29 is 0 Å². The molecule has 2 aromatic rings. The van der Waals surface area contributed by atoms with Crippen LogP contribution in [0.25, 0.3) is 10.8 Å². The van der Waals surface area contributed by atoms with E-state index in [1.165, 1.54) is 47.1 Å². The van der Waals surface area contributed by atoms with Gasteiger partial charge < -0.3 is 0 Å². The van der Waals surface area contributed by atoms with Crippen molar-refractivity contribution in [1.82, 2.24) is 0 Å². The zero-order valence-corrected chi connectivity index (χ0v) is 12.4. The molecule has 0 spiro atoms. The number of unbranched alkanes of at least 4 members (excludes halogenated alkanes) is 3. The van der Waals surface area contributed by atoms with Gasteiger partial charge in [-0.05, 0) is 47.3 Å². The molecule has 0 aliphatic carbocycles. The van der Waals surface area contributed by atoms with Gasteiger partial charge in [-0.1, -0.05) is 43.2 Å². The van der Waals surface area contributed by atoms with Crippen molar-refractivity contribution in [3.8, 4) is 0 Å². The van der Waals surface area contributed by atoms with Gasteiger partial charge in [0, 0.05) is 4.90 Å². The third-order valence-electron chi connectivity index (χ3n) is 3.04. The summed E-state index contributed by atoms with van der Waals surface area (Å²) in [5.74, 6) is 2.25. The lowest BCUT2D eigenvalue weighted by Crippen LogP contribution is -1.83. The van der Waals surface area contributed by atoms with Gasteiger partial charge in [-0.15, -0.1) is 11.8 Å². The van der Waals surface area contributed by atoms with Crippen LogP contribution < -0.4 is 0 Å². The molecule has 2 aromatic carbocycles. The Hall–Kier alpha value is -0.600. The molecule has 0 saturated carbocycles. The highest BCUT2D eigenvalue weighted by Crippen LogP contribution is 2.24. The summed E-state index contributed by atoms with van der Waals surface area (Å²) < 4.78 is 0. The van der Waals surface area contributed by atoms with E-state index in [2.05, 4.69) is 55.1 Å². The third kappa shape index (κ3) is 4.25. The van der Waals surface area contributed by atoms with E-state index in [0.717, 1.165) is 5.75 Å². The molecular weight excluding hydrogens is 256 g/mol. The Morgan fingerprint density at radius 1 is 0.833 bits per heavy atom. The predicted octanol–water partition coefficient (Wildman–Crippen LogP) is 5.42. The molecule has 0 fully saturated rings. The van der Waals surface area contributed by atoms with Gasteiger partial charge >= 0.3 is 0 Å². The number of hydrogen-bond acceptors (Lipinski definition) is 2. The fraction of sp³-hybridized carbons (Fsp3) is 0.375. The highest BCUT2D eigenvalue weighted by molar-refractivity contribution is 7.99. The molecule has 0 amide bonds. The second-order valence-electron chi connectivity index (χ2n) is 4.50. The molecule has 2 heteroatoms. The topological polar surface area (TPSA) is 0 Å². The second kappa shape index (κ2) is 7.75. The smallest absolute Gasteiger partial charge is 0.00783 e. The molecule has 96 valence electrons. The molecule has 0 aliphatic heterocycles. The van der Waals surface area contributed by atoms with Gasteiger partial charge in [-0.3, -0.25) is 0 Å². The van der Waals surface area contributed by atoms with Crippen molar-refractivity contribution in [1.29, 1.82) is 0 Å². The van der Waals surface area contributed by atoms with Crippen molar-refractivity contribution in [3.05, 3.63) is 42.5 Å². The van der Waals surface area contributed by atoms with Gasteiger partial charge in [0.25, 0.3) is 0 Å². The quantitative estimate of drug-likeness (QED) is 0.400. The molecule has 0 N–H and O–H groups in total. The standard InChI is InChI=1S/C16H20S2/c17-11-5-1-2-6-12-18-16-10-9-14-7-3-4-8-15(14)13-16/h3-4,7-10,13,17H,1-2,5-6,11-12H2. The minimum Gasteiger partial charge on any atom is -0.179 e. The van der Waals surface area contributed by atoms with E-state index in [1.807, 2.05) is 11.8 Å². The monoisotopic (exact) mass is 276 g/mol. The van der Waals surface area contributed by atoms with Crippen LogP contribution in [0.4, 0.5) is 0 Å². The minimum absolute atomic E-state index is 1.03. The van der Waals surface area contributed by atoms with Crippen molar-refractivity contribution in [2.75, 3.05) is 11.5 Å². The number of thioether (sulfide) groups is 1. The van der Waals surface area contributed by atoms with E-state index in [0.29, 0.717) is 0 Å². The molecule has 0 unspecified atom stereocenters. The number of benzene rings is 2. The summed E-state index contributed by atoms with van der Waals surface area (Å²) in [6.45, 7) is 0. The lowest BCUT2D eigenvalue weighted by Gasteiger charge is -2.04. The Labute approximate surface area is 120 Å². The molecule has 0 heterocycles. The van der Waals surface area contributed by atoms with Crippen molar-refractivity contribution in [3.63, 3.8) is 0 Å². The maximum Gasteiger partial charge on any atom is 0.00783 e. The number of rotatable bonds is 7. The summed E-state index contributed by atoms with van der Waals surface area (Å²) in [5, 5.41) is 2.67. The fourth-order valence-electron chi connectivity index (χ4n) is 2.01. The number of fused-ring (bicyclic) bond motifs is 1. The van der Waals surface area contributed by atoms with Crippen LogP contribution >= 0.6 is 24.4 Å². The first kappa shape index (κ1) is 13.8. The SMILES string of the molecule is SCCCCCCSc1ccc2ccccc2c1. The average Bonchev–Trinajstić information content (AvgIpc) is 2.42. The number of hydrogen-bond donors (Lipinski definition) is 1. The van der Waals surface area contributed by atoms with E-state index in [4.69, 9.17) is 0 Å². The normalized spacial score (nSPS) is 10.9. The molecule has 18 heavy (non-hydrogen) atoms. The zero-order chi connectivity index (χ0) is 12.6. The lowest BCUT2D eigenvalue weighted by molar-refractivity contribution is 0.712. The van der Waals surface area contributed by atoms with Gasteiger partial charge in [0.1, 0.15) is 0 Å². The van der Waals surface area contributed by atoms with Crippen LogP contribution in [0.3, 0.4) is 0 Å². The number of thiol groups is 1. The maximum absolute atomic E-state index is 4.23. The van der Waals surface area contributed by atoms with E-state index < -0.39 is 0 Å². The van der Waals surface area contributed by atoms with Crippen molar-refractivity contribution in [2.45, 2.75) is 30.6 Å². The molecular formula is C16H20S2. The van der Waals surface area contributed by atoms with E-state index >= 15 is 0 Å². The molecule has 0 bridgehead atoms. The van der Waals surface area contributed by atoms with Crippen LogP contribution in [0.5, 0.6) is 0 Å². The van der Waals surface area contributed by atoms with Crippen LogP contribution in [0.15, 0.2) is 47.4 Å². The van der Waals surface area contributed by atoms with Crippen LogP contribution in [0.2, 0.25) is 0 Å². The van der Waals surface area contributed by atoms with E-state index in [9.17, 15) is 0 Å². The summed E-state index contributed by atoms with van der Waals surface area (Å²) >= 11 is 6.21. The van der Waals surface area contributed by atoms with E-state index in [-0.39, 0.29) is 0 Å². The van der Waals surface area contributed by atoms with Crippen LogP contribution in [0, 0.1) is 0 Å². The molecule has 0 aliphatic rings. The predicted molar refractivity (Wildman–Crippen MR) is 87.0 cm³/mol. The lowest BCUT2D eigenvalue weighted by atomic mass is 10.1. The fourth-order valence-corrected chi connectivity index (χ4v) is 3.20. The maximum atomic E-state index is 4.23. The van der Waals surface area contributed by atoms with Crippen molar-refractivity contribution >= 4 is 35.2 Å². The molecule has 0 radical (unpaired) electrons. The Kier molecular flexibility index (Phi) is 5.95. The molecule has 0 aromatic heterocycles. The minimum atomic E-state index is 1.03. The highest BCUT2D eigenvalue weighted by Gasteiger charge is 1.97. The third-order valence-corrected chi connectivity index (χ3v) is 4.44. The van der Waals surface area contributed by atoms with Gasteiger partial charge in [0.05, 0.1) is 0 Å². The van der Waals surface area contributed by atoms with Crippen molar-refractivity contribution in [2.24, 2.45) is 0 Å². The summed E-state index contributed by atoms with van der Waals surface area (Å²) in [4.78, 5) is 1.39. The second-order valence-corrected chi connectivity index (χ2v) is 6.11. The first-order valence-electron chi connectivity index (χ1n) is 6.62.